The van der Waals surface area contributed by atoms with Gasteiger partial charge in [-0.25, -0.2) is 0 Å². The highest BCUT2D eigenvalue weighted by molar-refractivity contribution is 5.60. The Morgan fingerprint density at radius 3 is 3.00 bits per heavy atom. The predicted octanol–water partition coefficient (Wildman–Crippen LogP) is 2.35. The molecule has 2 aromatic heterocycles. The summed E-state index contributed by atoms with van der Waals surface area (Å²) in [6, 6.07) is 1.64. The van der Waals surface area contributed by atoms with Crippen LogP contribution in [-0.4, -0.2) is 20.2 Å². The van der Waals surface area contributed by atoms with Crippen LogP contribution in [0.25, 0.3) is 11.5 Å². The van der Waals surface area contributed by atoms with Gasteiger partial charge in [-0.1, -0.05) is 19.0 Å². The molecule has 1 unspecified atom stereocenters. The van der Waals surface area contributed by atoms with Gasteiger partial charge in [-0.15, -0.1) is 0 Å². The minimum atomic E-state index is 0.0434. The highest BCUT2D eigenvalue weighted by atomic mass is 16.5. The van der Waals surface area contributed by atoms with Gasteiger partial charge in [0.15, 0.2) is 5.82 Å². The molecule has 0 saturated heterocycles. The smallest absolute Gasteiger partial charge is 0.261 e. The molecule has 0 bridgehead atoms. The van der Waals surface area contributed by atoms with Crippen LogP contribution in [0.2, 0.25) is 0 Å². The average Bonchev–Trinajstić information content (AvgIpc) is 2.78. The van der Waals surface area contributed by atoms with Gasteiger partial charge >= 0.3 is 0 Å². The molecule has 2 heterocycles. The molecule has 0 saturated carbocycles. The van der Waals surface area contributed by atoms with E-state index in [2.05, 4.69) is 22.0 Å². The maximum Gasteiger partial charge on any atom is 0.261 e. The second-order valence-electron chi connectivity index (χ2n) is 3.66. The normalized spacial score (nSPS) is 12.6. The summed E-state index contributed by atoms with van der Waals surface area (Å²) in [4.78, 5) is 8.04. The third kappa shape index (κ3) is 1.88. The Bertz CT molecular complexity index is 482. The lowest BCUT2D eigenvalue weighted by Crippen LogP contribution is -1.93. The molecule has 0 fully saturated rings. The minimum Gasteiger partial charge on any atom is -0.505 e. The van der Waals surface area contributed by atoms with E-state index in [-0.39, 0.29) is 11.7 Å². The van der Waals surface area contributed by atoms with Crippen LogP contribution >= 0.6 is 0 Å². The quantitative estimate of drug-likeness (QED) is 0.857. The molecule has 0 aliphatic heterocycles. The van der Waals surface area contributed by atoms with Crippen molar-refractivity contribution in [2.45, 2.75) is 26.2 Å². The summed E-state index contributed by atoms with van der Waals surface area (Å²) in [5, 5.41) is 13.5. The summed E-state index contributed by atoms with van der Waals surface area (Å²) in [5.74, 6) is 1.28. The van der Waals surface area contributed by atoms with Crippen molar-refractivity contribution in [3.63, 3.8) is 0 Å². The molecule has 2 rings (SSSR count). The second kappa shape index (κ2) is 4.30. The van der Waals surface area contributed by atoms with Crippen molar-refractivity contribution in [3.8, 4) is 17.2 Å². The summed E-state index contributed by atoms with van der Waals surface area (Å²) >= 11 is 0. The standard InChI is InChI=1S/C11H13N3O2/c1-3-7(2)10-13-11(16-14-10)8-4-5-12-6-9(8)15/h4-7,15H,3H2,1-2H3. The monoisotopic (exact) mass is 219 g/mol. The number of rotatable bonds is 3. The van der Waals surface area contributed by atoms with Crippen LogP contribution < -0.4 is 0 Å². The number of pyridine rings is 1. The Labute approximate surface area is 93.1 Å². The molecule has 5 heteroatoms. The van der Waals surface area contributed by atoms with E-state index in [1.165, 1.54) is 6.20 Å². The summed E-state index contributed by atoms with van der Waals surface area (Å²) in [6.45, 7) is 4.09. The molecule has 0 amide bonds. The summed E-state index contributed by atoms with van der Waals surface area (Å²) in [7, 11) is 0. The number of nitrogens with zero attached hydrogens (tertiary/aromatic N) is 3. The van der Waals surface area contributed by atoms with Gasteiger partial charge < -0.3 is 9.63 Å². The highest BCUT2D eigenvalue weighted by Gasteiger charge is 2.15. The Kier molecular flexibility index (Phi) is 2.85. The van der Waals surface area contributed by atoms with E-state index in [1.807, 2.05) is 6.92 Å². The van der Waals surface area contributed by atoms with Crippen molar-refractivity contribution in [2.24, 2.45) is 0 Å². The van der Waals surface area contributed by atoms with Crippen molar-refractivity contribution in [3.05, 3.63) is 24.3 Å². The molecule has 0 spiro atoms. The average molecular weight is 219 g/mol. The Morgan fingerprint density at radius 1 is 1.50 bits per heavy atom. The Balaban J connectivity index is 2.35. The Hall–Kier alpha value is -1.91. The highest BCUT2D eigenvalue weighted by Crippen LogP contribution is 2.27. The van der Waals surface area contributed by atoms with E-state index < -0.39 is 0 Å². The number of aromatic nitrogens is 3. The maximum absolute atomic E-state index is 9.58. The zero-order valence-corrected chi connectivity index (χ0v) is 9.21. The first kappa shape index (κ1) is 10.6. The van der Waals surface area contributed by atoms with Gasteiger partial charge in [0.05, 0.1) is 11.8 Å². The van der Waals surface area contributed by atoms with Crippen molar-refractivity contribution in [1.29, 1.82) is 0 Å². The molecule has 2 aromatic rings. The van der Waals surface area contributed by atoms with E-state index >= 15 is 0 Å². The molecule has 84 valence electrons. The summed E-state index contributed by atoms with van der Waals surface area (Å²) in [6.07, 6.45) is 3.87. The van der Waals surface area contributed by atoms with Gasteiger partial charge in [-0.05, 0) is 12.5 Å². The topological polar surface area (TPSA) is 72.0 Å². The van der Waals surface area contributed by atoms with Crippen LogP contribution in [0.4, 0.5) is 0 Å². The first-order valence-electron chi connectivity index (χ1n) is 5.19. The molecule has 0 aliphatic carbocycles. The molecule has 0 radical (unpaired) electrons. The fraction of sp³-hybridized carbons (Fsp3) is 0.364. The SMILES string of the molecule is CCC(C)c1noc(-c2ccncc2O)n1. The van der Waals surface area contributed by atoms with Gasteiger partial charge in [0.1, 0.15) is 5.75 Å². The van der Waals surface area contributed by atoms with Crippen molar-refractivity contribution < 1.29 is 9.63 Å². The third-order valence-electron chi connectivity index (χ3n) is 2.53. The van der Waals surface area contributed by atoms with Gasteiger partial charge in [0, 0.05) is 12.1 Å². The largest absolute Gasteiger partial charge is 0.505 e. The van der Waals surface area contributed by atoms with Gasteiger partial charge in [-0.2, -0.15) is 4.98 Å². The molecule has 5 nitrogen and oxygen atoms in total. The van der Waals surface area contributed by atoms with Crippen molar-refractivity contribution in [2.75, 3.05) is 0 Å². The Morgan fingerprint density at radius 2 is 2.31 bits per heavy atom. The maximum atomic E-state index is 9.58. The van der Waals surface area contributed by atoms with Crippen molar-refractivity contribution in [1.82, 2.24) is 15.1 Å². The second-order valence-corrected chi connectivity index (χ2v) is 3.66. The lowest BCUT2D eigenvalue weighted by atomic mass is 10.1. The van der Waals surface area contributed by atoms with Crippen LogP contribution in [0.1, 0.15) is 32.0 Å². The van der Waals surface area contributed by atoms with Crippen LogP contribution in [0.5, 0.6) is 5.75 Å². The van der Waals surface area contributed by atoms with Crippen molar-refractivity contribution >= 4 is 0 Å². The van der Waals surface area contributed by atoms with Gasteiger partial charge in [0.25, 0.3) is 5.89 Å². The molecular formula is C11H13N3O2. The van der Waals surface area contributed by atoms with Gasteiger partial charge in [-0.3, -0.25) is 4.98 Å². The fourth-order valence-electron chi connectivity index (χ4n) is 1.29. The first-order chi connectivity index (χ1) is 7.72. The molecule has 1 atom stereocenters. The minimum absolute atomic E-state index is 0.0434. The molecule has 0 aromatic carbocycles. The van der Waals surface area contributed by atoms with E-state index in [0.717, 1.165) is 6.42 Å². The fourth-order valence-corrected chi connectivity index (χ4v) is 1.29. The summed E-state index contributed by atoms with van der Waals surface area (Å²) < 4.78 is 5.11. The number of hydrogen-bond donors (Lipinski definition) is 1. The van der Waals surface area contributed by atoms with Crippen LogP contribution in [-0.2, 0) is 0 Å². The number of hydrogen-bond acceptors (Lipinski definition) is 5. The lowest BCUT2D eigenvalue weighted by Gasteiger charge is -1.99. The van der Waals surface area contributed by atoms with Crippen LogP contribution in [0.3, 0.4) is 0 Å². The number of aromatic hydroxyl groups is 1. The molecule has 0 aliphatic rings. The van der Waals surface area contributed by atoms with Crippen LogP contribution in [0, 0.1) is 0 Å². The van der Waals surface area contributed by atoms with E-state index in [9.17, 15) is 5.11 Å². The molecule has 16 heavy (non-hydrogen) atoms. The third-order valence-corrected chi connectivity index (χ3v) is 2.53. The summed E-state index contributed by atoms with van der Waals surface area (Å²) in [5.41, 5.74) is 0.511. The predicted molar refractivity (Wildman–Crippen MR) is 57.9 cm³/mol. The van der Waals surface area contributed by atoms with Gasteiger partial charge in [0.2, 0.25) is 0 Å². The zero-order valence-electron chi connectivity index (χ0n) is 9.21. The van der Waals surface area contributed by atoms with E-state index in [4.69, 9.17) is 4.52 Å². The molecular weight excluding hydrogens is 206 g/mol. The zero-order chi connectivity index (χ0) is 11.5. The van der Waals surface area contributed by atoms with E-state index in [0.29, 0.717) is 17.3 Å². The lowest BCUT2D eigenvalue weighted by molar-refractivity contribution is 0.412. The van der Waals surface area contributed by atoms with E-state index in [1.54, 1.807) is 12.3 Å². The molecule has 1 N–H and O–H groups in total. The van der Waals surface area contributed by atoms with Crippen LogP contribution in [0.15, 0.2) is 23.0 Å². The first-order valence-corrected chi connectivity index (χ1v) is 5.19.